The van der Waals surface area contributed by atoms with Crippen molar-refractivity contribution in [2.75, 3.05) is 27.2 Å². The van der Waals surface area contributed by atoms with E-state index in [-0.39, 0.29) is 11.7 Å². The lowest BCUT2D eigenvalue weighted by molar-refractivity contribution is -0.273. The van der Waals surface area contributed by atoms with Crippen molar-refractivity contribution in [1.82, 2.24) is 10.2 Å². The van der Waals surface area contributed by atoms with Crippen LogP contribution in [0.3, 0.4) is 0 Å². The number of hydrogen-bond donors (Lipinski definition) is 1. The van der Waals surface area contributed by atoms with Crippen LogP contribution in [0.15, 0.2) is 0 Å². The van der Waals surface area contributed by atoms with Gasteiger partial charge in [-0.2, -0.15) is 0 Å². The molecule has 2 saturated heterocycles. The SMILES string of the molecule is C[C@@H]1CC[C@@]2(OC1)O[C@H]1C[C@H]3[C@@H]4CC[C@H]5C[C@H](NC(=O)CN(C)C)CC[C@]5(C)[C@H]4CC[C@]3(C)[C@H]1[C@@H]2C. The van der Waals surface area contributed by atoms with Gasteiger partial charge in [-0.05, 0) is 118 Å². The Labute approximate surface area is 219 Å². The summed E-state index contributed by atoms with van der Waals surface area (Å²) in [6.07, 6.45) is 13.1. The zero-order valence-electron chi connectivity index (χ0n) is 23.9. The molecule has 0 radical (unpaired) electrons. The summed E-state index contributed by atoms with van der Waals surface area (Å²) in [6.45, 7) is 11.4. The summed E-state index contributed by atoms with van der Waals surface area (Å²) in [5, 5.41) is 3.37. The lowest BCUT2D eigenvalue weighted by atomic mass is 9.44. The fourth-order valence-corrected chi connectivity index (χ4v) is 11.0. The maximum absolute atomic E-state index is 12.4. The zero-order chi connectivity index (χ0) is 25.5. The minimum Gasteiger partial charge on any atom is -0.352 e. The molecule has 6 fully saturated rings. The van der Waals surface area contributed by atoms with E-state index in [0.717, 1.165) is 43.1 Å². The maximum atomic E-state index is 12.4. The van der Waals surface area contributed by atoms with Crippen LogP contribution in [0.25, 0.3) is 0 Å². The number of hydrogen-bond acceptors (Lipinski definition) is 4. The highest BCUT2D eigenvalue weighted by Gasteiger charge is 2.69. The molecule has 6 aliphatic rings. The highest BCUT2D eigenvalue weighted by Crippen LogP contribution is 2.71. The third-order valence-electron chi connectivity index (χ3n) is 12.8. The number of carbonyl (C=O) groups is 1. The molecule has 6 rings (SSSR count). The lowest BCUT2D eigenvalue weighted by Gasteiger charge is -2.61. The standard InChI is InChI=1S/C31H52N2O3/c1-19-9-14-31(35-18-19)20(2)28-26(36-31)16-25-23-8-7-21-15-22(32-27(34)17-33(5)6)10-12-29(21,3)24(23)11-13-30(25,28)4/h19-26,28H,7-18H2,1-6H3,(H,32,34)/t19-,20+,21+,22-,23-,24+,25+,26+,28+,29+,30+,31-/m1/s1. The fraction of sp³-hybridized carbons (Fsp3) is 0.968. The minimum atomic E-state index is -0.300. The van der Waals surface area contributed by atoms with E-state index in [0.29, 0.717) is 47.3 Å². The van der Waals surface area contributed by atoms with Gasteiger partial charge >= 0.3 is 0 Å². The van der Waals surface area contributed by atoms with Crippen molar-refractivity contribution in [1.29, 1.82) is 0 Å². The molecule has 1 spiro atoms. The maximum Gasteiger partial charge on any atom is 0.234 e. The van der Waals surface area contributed by atoms with E-state index in [9.17, 15) is 4.79 Å². The molecule has 0 aromatic carbocycles. The molecule has 204 valence electrons. The smallest absolute Gasteiger partial charge is 0.234 e. The van der Waals surface area contributed by atoms with Crippen molar-refractivity contribution in [3.63, 3.8) is 0 Å². The molecule has 1 N–H and O–H groups in total. The Morgan fingerprint density at radius 1 is 0.944 bits per heavy atom. The lowest BCUT2D eigenvalue weighted by Crippen LogP contribution is -2.56. The molecular weight excluding hydrogens is 448 g/mol. The first kappa shape index (κ1) is 25.6. The predicted molar refractivity (Wildman–Crippen MR) is 142 cm³/mol. The van der Waals surface area contributed by atoms with Gasteiger partial charge in [0, 0.05) is 18.4 Å². The van der Waals surface area contributed by atoms with Crippen LogP contribution in [0.1, 0.15) is 91.9 Å². The van der Waals surface area contributed by atoms with Crippen LogP contribution in [-0.2, 0) is 14.3 Å². The molecule has 4 saturated carbocycles. The second-order valence-corrected chi connectivity index (χ2v) is 15.0. The number of carbonyl (C=O) groups excluding carboxylic acids is 1. The van der Waals surface area contributed by atoms with Crippen molar-refractivity contribution in [3.05, 3.63) is 0 Å². The van der Waals surface area contributed by atoms with E-state index in [1.807, 2.05) is 19.0 Å². The molecule has 1 amide bonds. The normalized spacial score (nSPS) is 54.0. The van der Waals surface area contributed by atoms with Gasteiger partial charge in [0.15, 0.2) is 5.79 Å². The Morgan fingerprint density at radius 3 is 2.44 bits per heavy atom. The van der Waals surface area contributed by atoms with Gasteiger partial charge in [-0.3, -0.25) is 4.79 Å². The van der Waals surface area contributed by atoms with Gasteiger partial charge in [-0.1, -0.05) is 27.7 Å². The molecule has 2 aliphatic heterocycles. The number of nitrogens with one attached hydrogen (secondary N) is 1. The quantitative estimate of drug-likeness (QED) is 0.558. The molecule has 2 heterocycles. The van der Waals surface area contributed by atoms with Crippen LogP contribution in [0.2, 0.25) is 0 Å². The van der Waals surface area contributed by atoms with E-state index >= 15 is 0 Å². The molecule has 0 aromatic heterocycles. The van der Waals surface area contributed by atoms with E-state index in [4.69, 9.17) is 9.47 Å². The van der Waals surface area contributed by atoms with Gasteiger partial charge in [-0.25, -0.2) is 0 Å². The molecule has 4 aliphatic carbocycles. The summed E-state index contributed by atoms with van der Waals surface area (Å²) < 4.78 is 13.5. The van der Waals surface area contributed by atoms with E-state index in [1.165, 1.54) is 51.4 Å². The van der Waals surface area contributed by atoms with Crippen LogP contribution in [0.5, 0.6) is 0 Å². The summed E-state index contributed by atoms with van der Waals surface area (Å²) in [5.41, 5.74) is 0.850. The van der Waals surface area contributed by atoms with Crippen LogP contribution in [0, 0.1) is 52.3 Å². The number of nitrogens with zero attached hydrogens (tertiary/aromatic N) is 1. The minimum absolute atomic E-state index is 0.191. The van der Waals surface area contributed by atoms with Crippen molar-refractivity contribution in [2.45, 2.75) is 110 Å². The average molecular weight is 501 g/mol. The Hall–Kier alpha value is -0.650. The summed E-state index contributed by atoms with van der Waals surface area (Å²) in [7, 11) is 3.95. The number of ether oxygens (including phenoxy) is 2. The number of likely N-dealkylation sites (N-methyl/N-ethyl adjacent to an activating group) is 1. The molecule has 5 heteroatoms. The van der Waals surface area contributed by atoms with E-state index in [2.05, 4.69) is 33.0 Å². The Morgan fingerprint density at radius 2 is 1.72 bits per heavy atom. The van der Waals surface area contributed by atoms with Crippen LogP contribution >= 0.6 is 0 Å². The van der Waals surface area contributed by atoms with Crippen molar-refractivity contribution < 1.29 is 14.3 Å². The summed E-state index contributed by atoms with van der Waals surface area (Å²) >= 11 is 0. The van der Waals surface area contributed by atoms with Crippen LogP contribution in [-0.4, -0.2) is 56.0 Å². The van der Waals surface area contributed by atoms with Crippen molar-refractivity contribution in [3.8, 4) is 0 Å². The first-order valence-electron chi connectivity index (χ1n) is 15.3. The molecule has 5 nitrogen and oxygen atoms in total. The summed E-state index contributed by atoms with van der Waals surface area (Å²) in [5.74, 6) is 5.00. The molecule has 0 bridgehead atoms. The van der Waals surface area contributed by atoms with Gasteiger partial charge < -0.3 is 19.7 Å². The van der Waals surface area contributed by atoms with Crippen LogP contribution < -0.4 is 5.32 Å². The first-order chi connectivity index (χ1) is 17.1. The van der Waals surface area contributed by atoms with Crippen molar-refractivity contribution in [2.24, 2.45) is 52.3 Å². The van der Waals surface area contributed by atoms with E-state index < -0.39 is 0 Å². The topological polar surface area (TPSA) is 50.8 Å². The largest absolute Gasteiger partial charge is 0.352 e. The average Bonchev–Trinajstić information content (AvgIpc) is 3.26. The number of fused-ring (bicyclic) bond motifs is 7. The first-order valence-corrected chi connectivity index (χ1v) is 15.3. The Bertz CT molecular complexity index is 853. The van der Waals surface area contributed by atoms with Gasteiger partial charge in [0.25, 0.3) is 0 Å². The summed E-state index contributed by atoms with van der Waals surface area (Å²) in [4.78, 5) is 14.4. The molecule has 0 aromatic rings. The highest BCUT2D eigenvalue weighted by atomic mass is 16.7. The molecule has 12 atom stereocenters. The van der Waals surface area contributed by atoms with Gasteiger partial charge in [-0.15, -0.1) is 0 Å². The third kappa shape index (κ3) is 3.84. The second-order valence-electron chi connectivity index (χ2n) is 15.0. The fourth-order valence-electron chi connectivity index (χ4n) is 11.0. The van der Waals surface area contributed by atoms with Gasteiger partial charge in [0.1, 0.15) is 0 Å². The third-order valence-corrected chi connectivity index (χ3v) is 12.8. The van der Waals surface area contributed by atoms with Gasteiger partial charge in [0.05, 0.1) is 19.3 Å². The number of amides is 1. The monoisotopic (exact) mass is 500 g/mol. The van der Waals surface area contributed by atoms with Gasteiger partial charge in [0.2, 0.25) is 5.91 Å². The van der Waals surface area contributed by atoms with E-state index in [1.54, 1.807) is 0 Å². The Balaban J connectivity index is 1.15. The molecule has 36 heavy (non-hydrogen) atoms. The highest BCUT2D eigenvalue weighted by molar-refractivity contribution is 5.78. The molecule has 0 unspecified atom stereocenters. The Kier molecular flexibility index (Phi) is 6.37. The van der Waals surface area contributed by atoms with Crippen LogP contribution in [0.4, 0.5) is 0 Å². The zero-order valence-corrected chi connectivity index (χ0v) is 23.9. The number of rotatable bonds is 3. The summed E-state index contributed by atoms with van der Waals surface area (Å²) in [6, 6.07) is 0.371. The predicted octanol–water partition coefficient (Wildman–Crippen LogP) is 5.48. The second kappa shape index (κ2) is 8.95. The van der Waals surface area contributed by atoms with Crippen molar-refractivity contribution >= 4 is 5.91 Å². The molecular formula is C31H52N2O3.